The molecule has 0 aliphatic carbocycles. The van der Waals surface area contributed by atoms with Crippen LogP contribution in [0.2, 0.25) is 0 Å². The first-order valence-corrected chi connectivity index (χ1v) is 4.96. The molecule has 0 aliphatic rings. The lowest BCUT2D eigenvalue weighted by Crippen LogP contribution is -1.84. The lowest BCUT2D eigenvalue weighted by molar-refractivity contribution is 1.43. The molecule has 0 aromatic heterocycles. The summed E-state index contributed by atoms with van der Waals surface area (Å²) in [5, 5.41) is 2.63. The number of fused-ring (bicyclic) bond motifs is 1. The molecule has 0 bridgehead atoms. The maximum atomic E-state index is 5.09. The van der Waals surface area contributed by atoms with Gasteiger partial charge in [-0.05, 0) is 28.8 Å². The van der Waals surface area contributed by atoms with Crippen molar-refractivity contribution >= 4 is 23.4 Å². The zero-order valence-electron chi connectivity index (χ0n) is 7.58. The minimum atomic E-state index is 0.695. The van der Waals surface area contributed by atoms with E-state index in [1.54, 1.807) is 0 Å². The van der Waals surface area contributed by atoms with Crippen molar-refractivity contribution in [2.75, 3.05) is 0 Å². The maximum Gasteiger partial charge on any atom is 0.0295 e. The molecule has 0 fully saturated rings. The largest absolute Gasteiger partial charge is 0.0890 e. The van der Waals surface area contributed by atoms with E-state index >= 15 is 0 Å². The quantitative estimate of drug-likeness (QED) is 0.636. The van der Waals surface area contributed by atoms with E-state index in [-0.39, 0.29) is 0 Å². The standard InChI is InChI=1S/C12H11S/c1-9-6-7-10(8-13)12-5-3-2-4-11(9)12/h2-7H,8H2,1H3. The summed E-state index contributed by atoms with van der Waals surface area (Å²) in [4.78, 5) is 0. The van der Waals surface area contributed by atoms with Crippen LogP contribution in [0.15, 0.2) is 36.4 Å². The monoisotopic (exact) mass is 187 g/mol. The Morgan fingerprint density at radius 1 is 1.00 bits per heavy atom. The van der Waals surface area contributed by atoms with E-state index < -0.39 is 0 Å². The van der Waals surface area contributed by atoms with Crippen LogP contribution in [-0.2, 0) is 5.75 Å². The Bertz CT molecular complexity index is 432. The van der Waals surface area contributed by atoms with Gasteiger partial charge >= 0.3 is 0 Å². The van der Waals surface area contributed by atoms with E-state index in [2.05, 4.69) is 43.3 Å². The highest BCUT2D eigenvalue weighted by atomic mass is 32.1. The Morgan fingerprint density at radius 2 is 1.69 bits per heavy atom. The van der Waals surface area contributed by atoms with Gasteiger partial charge in [-0.1, -0.05) is 49.0 Å². The van der Waals surface area contributed by atoms with Crippen molar-refractivity contribution in [3.8, 4) is 0 Å². The van der Waals surface area contributed by atoms with Gasteiger partial charge in [-0.2, -0.15) is 0 Å². The molecule has 13 heavy (non-hydrogen) atoms. The molecule has 1 radical (unpaired) electrons. The van der Waals surface area contributed by atoms with Crippen molar-refractivity contribution < 1.29 is 0 Å². The van der Waals surface area contributed by atoms with Crippen LogP contribution in [-0.4, -0.2) is 0 Å². The van der Waals surface area contributed by atoms with Gasteiger partial charge in [0.25, 0.3) is 0 Å². The number of aryl methyl sites for hydroxylation is 1. The first kappa shape index (κ1) is 8.64. The van der Waals surface area contributed by atoms with Crippen molar-refractivity contribution in [3.05, 3.63) is 47.5 Å². The number of rotatable bonds is 1. The van der Waals surface area contributed by atoms with Gasteiger partial charge in [0, 0.05) is 5.75 Å². The minimum absolute atomic E-state index is 0.695. The van der Waals surface area contributed by atoms with Gasteiger partial charge < -0.3 is 0 Å². The molecule has 0 aliphatic heterocycles. The summed E-state index contributed by atoms with van der Waals surface area (Å²) < 4.78 is 0. The third-order valence-corrected chi connectivity index (χ3v) is 2.70. The van der Waals surface area contributed by atoms with Gasteiger partial charge in [0.05, 0.1) is 0 Å². The third-order valence-electron chi connectivity index (χ3n) is 2.39. The van der Waals surface area contributed by atoms with Gasteiger partial charge in [-0.3, -0.25) is 0 Å². The molecule has 0 atom stereocenters. The lowest BCUT2D eigenvalue weighted by atomic mass is 10.0. The van der Waals surface area contributed by atoms with Gasteiger partial charge in [-0.25, -0.2) is 0 Å². The highest BCUT2D eigenvalue weighted by Crippen LogP contribution is 2.23. The fraction of sp³-hybridized carbons (Fsp3) is 0.167. The summed E-state index contributed by atoms with van der Waals surface area (Å²) in [5.41, 5.74) is 2.58. The molecule has 2 aromatic rings. The topological polar surface area (TPSA) is 0 Å². The summed E-state index contributed by atoms with van der Waals surface area (Å²) in [5.74, 6) is 0.695. The first-order valence-electron chi connectivity index (χ1n) is 4.38. The van der Waals surface area contributed by atoms with Crippen molar-refractivity contribution in [3.63, 3.8) is 0 Å². The Morgan fingerprint density at radius 3 is 2.38 bits per heavy atom. The lowest BCUT2D eigenvalue weighted by Gasteiger charge is -2.05. The highest BCUT2D eigenvalue weighted by Gasteiger charge is 2.00. The summed E-state index contributed by atoms with van der Waals surface area (Å²) in [7, 11) is 0. The summed E-state index contributed by atoms with van der Waals surface area (Å²) in [6.07, 6.45) is 0. The molecule has 0 nitrogen and oxygen atoms in total. The van der Waals surface area contributed by atoms with E-state index in [1.165, 1.54) is 21.9 Å². The van der Waals surface area contributed by atoms with Crippen LogP contribution in [0.4, 0.5) is 0 Å². The molecule has 0 saturated heterocycles. The average molecular weight is 187 g/mol. The van der Waals surface area contributed by atoms with Crippen LogP contribution in [0, 0.1) is 6.92 Å². The van der Waals surface area contributed by atoms with Crippen LogP contribution in [0.5, 0.6) is 0 Å². The minimum Gasteiger partial charge on any atom is -0.0890 e. The molecule has 1 heteroatoms. The van der Waals surface area contributed by atoms with Gasteiger partial charge in [0.15, 0.2) is 0 Å². The first-order chi connectivity index (χ1) is 6.33. The molecular formula is C12H11S. The molecule has 2 rings (SSSR count). The third kappa shape index (κ3) is 1.44. The average Bonchev–Trinajstić information content (AvgIpc) is 2.19. The predicted octanol–water partition coefficient (Wildman–Crippen LogP) is 3.85. The maximum absolute atomic E-state index is 5.09. The molecular weight excluding hydrogens is 176 g/mol. The van der Waals surface area contributed by atoms with Gasteiger partial charge in [-0.15, -0.1) is 0 Å². The van der Waals surface area contributed by atoms with E-state index in [0.717, 1.165) is 0 Å². The van der Waals surface area contributed by atoms with Crippen LogP contribution in [0.25, 0.3) is 10.8 Å². The molecule has 0 amide bonds. The second-order valence-corrected chi connectivity index (χ2v) is 3.52. The normalized spacial score (nSPS) is 10.6. The van der Waals surface area contributed by atoms with Gasteiger partial charge in [0.2, 0.25) is 0 Å². The van der Waals surface area contributed by atoms with E-state index in [0.29, 0.717) is 5.75 Å². The van der Waals surface area contributed by atoms with Gasteiger partial charge in [0.1, 0.15) is 0 Å². The molecule has 0 spiro atoms. The Balaban J connectivity index is 2.84. The fourth-order valence-electron chi connectivity index (χ4n) is 1.64. The fourth-order valence-corrected chi connectivity index (χ4v) is 1.89. The summed E-state index contributed by atoms with van der Waals surface area (Å²) in [6.45, 7) is 2.13. The van der Waals surface area contributed by atoms with Crippen LogP contribution in [0.1, 0.15) is 11.1 Å². The SMILES string of the molecule is Cc1ccc(C[S])c2ccccc12. The predicted molar refractivity (Wildman–Crippen MR) is 60.0 cm³/mol. The smallest absolute Gasteiger partial charge is 0.0295 e. The van der Waals surface area contributed by atoms with Crippen molar-refractivity contribution in [1.29, 1.82) is 0 Å². The second-order valence-electron chi connectivity index (χ2n) is 3.23. The zero-order chi connectivity index (χ0) is 9.26. The van der Waals surface area contributed by atoms with E-state index in [4.69, 9.17) is 12.6 Å². The Kier molecular flexibility index (Phi) is 2.28. The summed E-state index contributed by atoms with van der Waals surface area (Å²) in [6, 6.07) is 12.7. The molecule has 0 heterocycles. The van der Waals surface area contributed by atoms with E-state index in [9.17, 15) is 0 Å². The van der Waals surface area contributed by atoms with Crippen LogP contribution < -0.4 is 0 Å². The second kappa shape index (κ2) is 3.43. The Labute approximate surface area is 84.0 Å². The van der Waals surface area contributed by atoms with Crippen molar-refractivity contribution in [2.24, 2.45) is 0 Å². The summed E-state index contributed by atoms with van der Waals surface area (Å²) >= 11 is 5.09. The molecule has 2 aromatic carbocycles. The number of hydrogen-bond acceptors (Lipinski definition) is 0. The molecule has 65 valence electrons. The van der Waals surface area contributed by atoms with Crippen molar-refractivity contribution in [2.45, 2.75) is 12.7 Å². The number of hydrogen-bond donors (Lipinski definition) is 0. The van der Waals surface area contributed by atoms with Crippen molar-refractivity contribution in [1.82, 2.24) is 0 Å². The molecule has 0 unspecified atom stereocenters. The van der Waals surface area contributed by atoms with Crippen LogP contribution in [0.3, 0.4) is 0 Å². The number of benzene rings is 2. The zero-order valence-corrected chi connectivity index (χ0v) is 8.40. The van der Waals surface area contributed by atoms with Crippen LogP contribution >= 0.6 is 12.6 Å². The Hall–Kier alpha value is -0.950. The molecule has 0 saturated carbocycles. The highest BCUT2D eigenvalue weighted by molar-refractivity contribution is 7.79. The molecule has 0 N–H and O–H groups in total. The van der Waals surface area contributed by atoms with E-state index in [1.807, 2.05) is 0 Å².